The molecule has 3 nitrogen and oxygen atoms in total. The zero-order valence-electron chi connectivity index (χ0n) is 11.8. The van der Waals surface area contributed by atoms with Gasteiger partial charge in [-0.25, -0.2) is 0 Å². The molecule has 3 heteroatoms. The summed E-state index contributed by atoms with van der Waals surface area (Å²) in [4.78, 5) is 2.18. The van der Waals surface area contributed by atoms with Crippen LogP contribution in [0.15, 0.2) is 24.3 Å². The minimum absolute atomic E-state index is 0.370. The number of hydrogen-bond donors (Lipinski definition) is 1. The summed E-state index contributed by atoms with van der Waals surface area (Å²) in [5.41, 5.74) is 1.65. The van der Waals surface area contributed by atoms with Crippen molar-refractivity contribution in [2.24, 2.45) is 5.92 Å². The topological polar surface area (TPSA) is 39.1 Å². The van der Waals surface area contributed by atoms with Crippen molar-refractivity contribution in [3.63, 3.8) is 0 Å². The maximum absolute atomic E-state index is 9.09. The van der Waals surface area contributed by atoms with Gasteiger partial charge in [0.05, 0.1) is 11.3 Å². The molecule has 0 heterocycles. The predicted molar refractivity (Wildman–Crippen MR) is 76.6 cm³/mol. The van der Waals surface area contributed by atoms with Crippen molar-refractivity contribution in [1.82, 2.24) is 4.90 Å². The summed E-state index contributed by atoms with van der Waals surface area (Å²) in [7, 11) is 4.15. The summed E-state index contributed by atoms with van der Waals surface area (Å²) in [6, 6.07) is 10.3. The van der Waals surface area contributed by atoms with Gasteiger partial charge in [-0.3, -0.25) is 0 Å². The van der Waals surface area contributed by atoms with Crippen LogP contribution in [0.5, 0.6) is 0 Å². The fourth-order valence-electron chi connectivity index (χ4n) is 2.12. The molecular formula is C15H23N3. The van der Waals surface area contributed by atoms with E-state index in [4.69, 9.17) is 5.26 Å². The third-order valence-corrected chi connectivity index (χ3v) is 2.75. The highest BCUT2D eigenvalue weighted by Crippen LogP contribution is 2.17. The van der Waals surface area contributed by atoms with E-state index in [-0.39, 0.29) is 0 Å². The molecule has 0 saturated carbocycles. The van der Waals surface area contributed by atoms with Crippen LogP contribution in [0, 0.1) is 17.2 Å². The zero-order chi connectivity index (χ0) is 13.5. The zero-order valence-corrected chi connectivity index (χ0v) is 11.8. The lowest BCUT2D eigenvalue weighted by molar-refractivity contribution is 0.356. The van der Waals surface area contributed by atoms with Crippen molar-refractivity contribution in [3.05, 3.63) is 29.8 Å². The van der Waals surface area contributed by atoms with Crippen molar-refractivity contribution in [3.8, 4) is 6.07 Å². The van der Waals surface area contributed by atoms with Gasteiger partial charge in [-0.2, -0.15) is 5.26 Å². The van der Waals surface area contributed by atoms with Gasteiger partial charge >= 0.3 is 0 Å². The molecule has 1 unspecified atom stereocenters. The Morgan fingerprint density at radius 2 is 1.94 bits per heavy atom. The number of para-hydroxylation sites is 1. The highest BCUT2D eigenvalue weighted by molar-refractivity contribution is 5.57. The van der Waals surface area contributed by atoms with Crippen molar-refractivity contribution in [2.45, 2.75) is 26.3 Å². The molecule has 18 heavy (non-hydrogen) atoms. The van der Waals surface area contributed by atoms with Crippen LogP contribution >= 0.6 is 0 Å². The third-order valence-electron chi connectivity index (χ3n) is 2.75. The molecule has 1 rings (SSSR count). The second-order valence-electron chi connectivity index (χ2n) is 5.39. The lowest BCUT2D eigenvalue weighted by Gasteiger charge is -2.25. The van der Waals surface area contributed by atoms with Crippen LogP contribution < -0.4 is 5.32 Å². The number of anilines is 1. The summed E-state index contributed by atoms with van der Waals surface area (Å²) in [6.07, 6.45) is 1.10. The van der Waals surface area contributed by atoms with E-state index in [1.165, 1.54) is 0 Å². The first kappa shape index (κ1) is 14.5. The Balaban J connectivity index is 2.79. The molecule has 1 atom stereocenters. The summed E-state index contributed by atoms with van der Waals surface area (Å²) in [6.45, 7) is 5.42. The van der Waals surface area contributed by atoms with Gasteiger partial charge in [0.1, 0.15) is 6.07 Å². The minimum atomic E-state index is 0.370. The monoisotopic (exact) mass is 245 g/mol. The molecule has 0 aliphatic carbocycles. The maximum Gasteiger partial charge on any atom is 0.101 e. The van der Waals surface area contributed by atoms with E-state index < -0.39 is 0 Å². The predicted octanol–water partition coefficient (Wildman–Crippen LogP) is 2.95. The van der Waals surface area contributed by atoms with Gasteiger partial charge in [-0.1, -0.05) is 26.0 Å². The fourth-order valence-corrected chi connectivity index (χ4v) is 2.12. The van der Waals surface area contributed by atoms with Crippen LogP contribution in [-0.4, -0.2) is 31.6 Å². The number of nitriles is 1. The van der Waals surface area contributed by atoms with Crippen LogP contribution in [0.2, 0.25) is 0 Å². The lowest BCUT2D eigenvalue weighted by Crippen LogP contribution is -2.33. The van der Waals surface area contributed by atoms with E-state index in [1.54, 1.807) is 0 Å². The van der Waals surface area contributed by atoms with Crippen molar-refractivity contribution < 1.29 is 0 Å². The quantitative estimate of drug-likeness (QED) is 0.837. The summed E-state index contributed by atoms with van der Waals surface area (Å²) in [5.74, 6) is 0.636. The van der Waals surface area contributed by atoms with E-state index in [0.717, 1.165) is 18.7 Å². The smallest absolute Gasteiger partial charge is 0.101 e. The number of nitrogens with zero attached hydrogens (tertiary/aromatic N) is 2. The minimum Gasteiger partial charge on any atom is -0.380 e. The molecule has 98 valence electrons. The summed E-state index contributed by atoms with van der Waals surface area (Å²) < 4.78 is 0. The molecule has 0 radical (unpaired) electrons. The van der Waals surface area contributed by atoms with Crippen LogP contribution in [0.25, 0.3) is 0 Å². The highest BCUT2D eigenvalue weighted by atomic mass is 15.1. The molecule has 0 bridgehead atoms. The first-order chi connectivity index (χ1) is 8.52. The number of rotatable bonds is 6. The molecule has 0 aromatic heterocycles. The fraction of sp³-hybridized carbons (Fsp3) is 0.533. The standard InChI is InChI=1S/C15H23N3/c1-12(2)9-14(11-18(3)4)17-15-8-6-5-7-13(15)10-16/h5-8,12,14,17H,9,11H2,1-4H3. The molecule has 1 aromatic rings. The van der Waals surface area contributed by atoms with Gasteiger partial charge in [0.15, 0.2) is 0 Å². The molecule has 0 spiro atoms. The largest absolute Gasteiger partial charge is 0.380 e. The molecule has 1 aromatic carbocycles. The molecule has 0 saturated heterocycles. The number of likely N-dealkylation sites (N-methyl/N-ethyl adjacent to an activating group) is 1. The Kier molecular flexibility index (Phi) is 5.67. The van der Waals surface area contributed by atoms with Crippen LogP contribution in [-0.2, 0) is 0 Å². The van der Waals surface area contributed by atoms with E-state index in [9.17, 15) is 0 Å². The summed E-state index contributed by atoms with van der Waals surface area (Å²) >= 11 is 0. The molecule has 0 amide bonds. The van der Waals surface area contributed by atoms with Gasteiger partial charge in [0.25, 0.3) is 0 Å². The SMILES string of the molecule is CC(C)CC(CN(C)C)Nc1ccccc1C#N. The van der Waals surface area contributed by atoms with Crippen LogP contribution in [0.3, 0.4) is 0 Å². The first-order valence-corrected chi connectivity index (χ1v) is 6.43. The van der Waals surface area contributed by atoms with Gasteiger partial charge < -0.3 is 10.2 Å². The second-order valence-corrected chi connectivity index (χ2v) is 5.39. The number of nitrogens with one attached hydrogen (secondary N) is 1. The molecule has 0 fully saturated rings. The molecule has 0 aliphatic rings. The normalized spacial score (nSPS) is 12.5. The molecule has 0 aliphatic heterocycles. The Bertz CT molecular complexity index is 394. The highest BCUT2D eigenvalue weighted by Gasteiger charge is 2.13. The van der Waals surface area contributed by atoms with Gasteiger partial charge in [-0.05, 0) is 38.6 Å². The van der Waals surface area contributed by atoms with E-state index in [1.807, 2.05) is 24.3 Å². The number of hydrogen-bond acceptors (Lipinski definition) is 3. The van der Waals surface area contributed by atoms with E-state index in [0.29, 0.717) is 17.5 Å². The summed E-state index contributed by atoms with van der Waals surface area (Å²) in [5, 5.41) is 12.6. The van der Waals surface area contributed by atoms with Gasteiger partial charge in [0.2, 0.25) is 0 Å². The van der Waals surface area contributed by atoms with Gasteiger partial charge in [0, 0.05) is 12.6 Å². The van der Waals surface area contributed by atoms with Crippen LogP contribution in [0.4, 0.5) is 5.69 Å². The Morgan fingerprint density at radius 3 is 2.50 bits per heavy atom. The Morgan fingerprint density at radius 1 is 1.28 bits per heavy atom. The third kappa shape index (κ3) is 4.77. The van der Waals surface area contributed by atoms with Crippen molar-refractivity contribution in [1.29, 1.82) is 5.26 Å². The van der Waals surface area contributed by atoms with Gasteiger partial charge in [-0.15, -0.1) is 0 Å². The average molecular weight is 245 g/mol. The van der Waals surface area contributed by atoms with E-state index >= 15 is 0 Å². The van der Waals surface area contributed by atoms with Crippen molar-refractivity contribution in [2.75, 3.05) is 26.0 Å². The maximum atomic E-state index is 9.09. The first-order valence-electron chi connectivity index (χ1n) is 6.43. The Hall–Kier alpha value is -1.53. The number of benzene rings is 1. The second kappa shape index (κ2) is 7.03. The van der Waals surface area contributed by atoms with Crippen molar-refractivity contribution >= 4 is 5.69 Å². The average Bonchev–Trinajstić information content (AvgIpc) is 2.27. The Labute approximate surface area is 110 Å². The van der Waals surface area contributed by atoms with E-state index in [2.05, 4.69) is 44.2 Å². The van der Waals surface area contributed by atoms with Crippen LogP contribution in [0.1, 0.15) is 25.8 Å². The molecular weight excluding hydrogens is 222 g/mol. The lowest BCUT2D eigenvalue weighted by atomic mass is 10.0. The molecule has 1 N–H and O–H groups in total.